The first-order valence-electron chi connectivity index (χ1n) is 2.05. The Hall–Kier alpha value is 0.245. The van der Waals surface area contributed by atoms with Gasteiger partial charge in [0, 0.05) is 0 Å². The van der Waals surface area contributed by atoms with E-state index in [0.29, 0.717) is 0 Å². The summed E-state index contributed by atoms with van der Waals surface area (Å²) in [5.41, 5.74) is 0. The lowest BCUT2D eigenvalue weighted by Gasteiger charge is -2.03. The van der Waals surface area contributed by atoms with Crippen LogP contribution in [0, 0.1) is 0 Å². The van der Waals surface area contributed by atoms with E-state index in [4.69, 9.17) is 29.6 Å². The molecule has 0 aromatic heterocycles. The third-order valence-corrected chi connectivity index (χ3v) is 1.91. The summed E-state index contributed by atoms with van der Waals surface area (Å²) in [6.07, 6.45) is 0. The molecule has 12 heteroatoms. The minimum absolute atomic E-state index is 0. The van der Waals surface area contributed by atoms with Crippen LogP contribution in [0.4, 0.5) is 0 Å². The first-order valence-corrected chi connectivity index (χ1v) is 5.11. The van der Waals surface area contributed by atoms with Crippen molar-refractivity contribution in [2.45, 2.75) is 0 Å². The van der Waals surface area contributed by atoms with E-state index in [2.05, 4.69) is 4.31 Å². The maximum atomic E-state index is 9.63. The number of hydrogen-bond donors (Lipinski definition) is 6. The van der Waals surface area contributed by atoms with E-state index in [9.17, 15) is 9.13 Å². The fourth-order valence-electron chi connectivity index (χ4n) is 0.139. The molecule has 0 unspecified atom stereocenters. The van der Waals surface area contributed by atoms with Crippen LogP contribution in [-0.4, -0.2) is 37.3 Å². The van der Waals surface area contributed by atoms with Crippen LogP contribution in [0.15, 0.2) is 0 Å². The molecule has 0 saturated heterocycles. The topological polar surface area (TPSA) is 165 Å². The SMILES string of the molecule is O=P(O)(O)OP(=O)(O)O.O[B]O. The summed E-state index contributed by atoms with van der Waals surface area (Å²) in [7, 11) is -10.1. The van der Waals surface area contributed by atoms with Gasteiger partial charge < -0.3 is 29.6 Å². The molecule has 0 aliphatic carbocycles. The Morgan fingerprint density at radius 3 is 1.08 bits per heavy atom. The molecule has 0 saturated carbocycles. The van der Waals surface area contributed by atoms with E-state index in [-0.39, 0.29) is 7.69 Å². The van der Waals surface area contributed by atoms with E-state index in [0.717, 1.165) is 0 Å². The maximum absolute atomic E-state index is 9.63. The van der Waals surface area contributed by atoms with E-state index >= 15 is 0 Å². The number of phosphoric acid groups is 2. The van der Waals surface area contributed by atoms with Gasteiger partial charge in [-0.15, -0.1) is 0 Å². The minimum Gasteiger partial charge on any atom is -0.429 e. The van der Waals surface area contributed by atoms with E-state index in [1.807, 2.05) is 0 Å². The summed E-state index contributed by atoms with van der Waals surface area (Å²) in [6, 6.07) is 0. The Morgan fingerprint density at radius 1 is 0.917 bits per heavy atom. The zero-order chi connectivity index (χ0) is 10.4. The first-order chi connectivity index (χ1) is 5.12. The normalized spacial score (nSPS) is 11.5. The molecule has 0 atom stereocenters. The molecule has 9 nitrogen and oxygen atoms in total. The second-order valence-corrected chi connectivity index (χ2v) is 3.79. The second kappa shape index (κ2) is 5.82. The van der Waals surface area contributed by atoms with Crippen LogP contribution in [-0.2, 0) is 13.4 Å². The molecule has 0 aliphatic heterocycles. The number of rotatable bonds is 2. The van der Waals surface area contributed by atoms with Crippen molar-refractivity contribution in [3.05, 3.63) is 0 Å². The Balaban J connectivity index is 0. The Morgan fingerprint density at radius 2 is 1.08 bits per heavy atom. The third-order valence-electron chi connectivity index (χ3n) is 0.213. The second-order valence-electron chi connectivity index (χ2n) is 1.18. The molecule has 0 aromatic carbocycles. The van der Waals surface area contributed by atoms with Crippen LogP contribution in [0.25, 0.3) is 0 Å². The molecule has 0 spiro atoms. The van der Waals surface area contributed by atoms with Gasteiger partial charge in [0.1, 0.15) is 0 Å². The highest BCUT2D eigenvalue weighted by Gasteiger charge is 2.27. The van der Waals surface area contributed by atoms with Gasteiger partial charge in [0.15, 0.2) is 0 Å². The predicted octanol–water partition coefficient (Wildman–Crippen LogP) is -2.31. The predicted molar refractivity (Wildman–Crippen MR) is 35.4 cm³/mol. The highest BCUT2D eigenvalue weighted by Crippen LogP contribution is 2.53. The van der Waals surface area contributed by atoms with Crippen molar-refractivity contribution in [2.75, 3.05) is 0 Å². The molecule has 0 aliphatic rings. The average Bonchev–Trinajstić information content (AvgIpc) is 1.53. The Kier molecular flexibility index (Phi) is 7.15. The molecule has 0 amide bonds. The van der Waals surface area contributed by atoms with E-state index in [1.54, 1.807) is 0 Å². The van der Waals surface area contributed by atoms with Crippen LogP contribution in [0.1, 0.15) is 0 Å². The van der Waals surface area contributed by atoms with Gasteiger partial charge in [-0.3, -0.25) is 0 Å². The molecule has 0 rings (SSSR count). The molecular formula is H6BO9P2. The molecule has 0 bridgehead atoms. The zero-order valence-corrected chi connectivity index (χ0v) is 7.17. The average molecular weight is 223 g/mol. The van der Waals surface area contributed by atoms with Gasteiger partial charge in [0.25, 0.3) is 0 Å². The molecule has 6 N–H and O–H groups in total. The van der Waals surface area contributed by atoms with Crippen molar-refractivity contribution >= 4 is 23.3 Å². The summed E-state index contributed by atoms with van der Waals surface area (Å²) in [5, 5.41) is 14.0. The van der Waals surface area contributed by atoms with Crippen LogP contribution < -0.4 is 0 Å². The Bertz CT molecular complexity index is 165. The smallest absolute Gasteiger partial charge is 0.429 e. The quantitative estimate of drug-likeness (QED) is 0.222. The van der Waals surface area contributed by atoms with Crippen molar-refractivity contribution in [3.63, 3.8) is 0 Å². The highest BCUT2D eigenvalue weighted by molar-refractivity contribution is 7.60. The monoisotopic (exact) mass is 223 g/mol. The van der Waals surface area contributed by atoms with Crippen LogP contribution in [0.3, 0.4) is 0 Å². The van der Waals surface area contributed by atoms with E-state index < -0.39 is 15.6 Å². The van der Waals surface area contributed by atoms with Gasteiger partial charge in [-0.2, -0.15) is 4.31 Å². The van der Waals surface area contributed by atoms with E-state index in [1.165, 1.54) is 0 Å². The van der Waals surface area contributed by atoms with Crippen LogP contribution in [0.5, 0.6) is 0 Å². The van der Waals surface area contributed by atoms with Gasteiger partial charge in [0.2, 0.25) is 0 Å². The lowest BCUT2D eigenvalue weighted by molar-refractivity contribution is 0.225. The summed E-state index contributed by atoms with van der Waals surface area (Å²) < 4.78 is 22.2. The Labute approximate surface area is 67.4 Å². The lowest BCUT2D eigenvalue weighted by Crippen LogP contribution is -1.84. The fourth-order valence-corrected chi connectivity index (χ4v) is 1.25. The third kappa shape index (κ3) is 22.5. The summed E-state index contributed by atoms with van der Waals surface area (Å²) in [4.78, 5) is 31.0. The minimum atomic E-state index is -5.05. The molecular weight excluding hydrogens is 217 g/mol. The van der Waals surface area contributed by atoms with Crippen molar-refractivity contribution in [2.24, 2.45) is 0 Å². The fraction of sp³-hybridized carbons (Fsp3) is 0. The van der Waals surface area contributed by atoms with Gasteiger partial charge in [0.05, 0.1) is 0 Å². The molecule has 0 heterocycles. The van der Waals surface area contributed by atoms with Crippen LogP contribution >= 0.6 is 15.6 Å². The van der Waals surface area contributed by atoms with Crippen molar-refractivity contribution in [1.82, 2.24) is 0 Å². The zero-order valence-electron chi connectivity index (χ0n) is 5.38. The first kappa shape index (κ1) is 14.8. The number of hydrogen-bond acceptors (Lipinski definition) is 5. The lowest BCUT2D eigenvalue weighted by atomic mass is 10.5. The van der Waals surface area contributed by atoms with Crippen molar-refractivity contribution < 1.29 is 43.1 Å². The molecule has 0 fully saturated rings. The van der Waals surface area contributed by atoms with Gasteiger partial charge in [-0.1, -0.05) is 0 Å². The molecule has 0 aromatic rings. The van der Waals surface area contributed by atoms with Crippen LogP contribution in [0.2, 0.25) is 0 Å². The van der Waals surface area contributed by atoms with Gasteiger partial charge in [-0.25, -0.2) is 9.13 Å². The summed E-state index contributed by atoms with van der Waals surface area (Å²) in [5.74, 6) is 0. The van der Waals surface area contributed by atoms with Gasteiger partial charge >= 0.3 is 23.3 Å². The summed E-state index contributed by atoms with van der Waals surface area (Å²) >= 11 is 0. The molecule has 12 heavy (non-hydrogen) atoms. The maximum Gasteiger partial charge on any atom is 0.482 e. The molecule has 1 radical (unpaired) electrons. The molecule has 73 valence electrons. The highest BCUT2D eigenvalue weighted by atomic mass is 31.3. The van der Waals surface area contributed by atoms with Gasteiger partial charge in [-0.05, 0) is 0 Å². The van der Waals surface area contributed by atoms with Crippen molar-refractivity contribution in [1.29, 1.82) is 0 Å². The largest absolute Gasteiger partial charge is 0.482 e. The standard InChI is InChI=1S/BH2O2.H4O7P2/c2-1-3;1-8(2,3)7-9(4,5)6/h2-3H;(H2,1,2,3)(H2,4,5,6). The summed E-state index contributed by atoms with van der Waals surface area (Å²) in [6.45, 7) is 0. The van der Waals surface area contributed by atoms with Crippen molar-refractivity contribution in [3.8, 4) is 0 Å².